The highest BCUT2D eigenvalue weighted by Crippen LogP contribution is 2.26. The zero-order valence-electron chi connectivity index (χ0n) is 11.0. The summed E-state index contributed by atoms with van der Waals surface area (Å²) in [5, 5.41) is 10.1. The van der Waals surface area contributed by atoms with E-state index in [2.05, 4.69) is 45.9 Å². The molecule has 0 radical (unpaired) electrons. The van der Waals surface area contributed by atoms with Crippen molar-refractivity contribution in [3.05, 3.63) is 35.5 Å². The van der Waals surface area contributed by atoms with Crippen LogP contribution in [0.15, 0.2) is 35.5 Å². The minimum atomic E-state index is -0.387. The third-order valence-corrected chi connectivity index (χ3v) is 3.22. The van der Waals surface area contributed by atoms with Gasteiger partial charge < -0.3 is 5.11 Å². The maximum absolute atomic E-state index is 10.1. The SMILES string of the molecule is C/C1=C\CC/C(C)=C/[C@@H](O)C(C)(C)/C=C/C1. The van der Waals surface area contributed by atoms with Crippen molar-refractivity contribution in [2.75, 3.05) is 0 Å². The molecule has 1 heteroatoms. The molecule has 0 fully saturated rings. The largest absolute Gasteiger partial charge is 0.388 e. The van der Waals surface area contributed by atoms with E-state index in [1.165, 1.54) is 11.1 Å². The van der Waals surface area contributed by atoms with Crippen LogP contribution in [0.25, 0.3) is 0 Å². The van der Waals surface area contributed by atoms with Gasteiger partial charge in [0.2, 0.25) is 0 Å². The number of hydrogen-bond donors (Lipinski definition) is 1. The minimum absolute atomic E-state index is 0.175. The molecule has 0 spiro atoms. The summed E-state index contributed by atoms with van der Waals surface area (Å²) in [4.78, 5) is 0. The van der Waals surface area contributed by atoms with Gasteiger partial charge in [-0.15, -0.1) is 0 Å². The molecule has 1 nitrogen and oxygen atoms in total. The summed E-state index contributed by atoms with van der Waals surface area (Å²) in [6, 6.07) is 0. The first-order valence-electron chi connectivity index (χ1n) is 6.10. The summed E-state index contributed by atoms with van der Waals surface area (Å²) in [6.45, 7) is 8.43. The molecule has 1 aliphatic rings. The van der Waals surface area contributed by atoms with Crippen molar-refractivity contribution in [1.82, 2.24) is 0 Å². The van der Waals surface area contributed by atoms with Crippen molar-refractivity contribution < 1.29 is 5.11 Å². The molecule has 0 bridgehead atoms. The molecule has 1 N–H and O–H groups in total. The van der Waals surface area contributed by atoms with E-state index in [1.807, 2.05) is 6.08 Å². The highest BCUT2D eigenvalue weighted by molar-refractivity contribution is 5.15. The first kappa shape index (κ1) is 13.2. The van der Waals surface area contributed by atoms with Gasteiger partial charge in [0, 0.05) is 5.41 Å². The molecule has 0 aromatic carbocycles. The Bertz CT molecular complexity index is 318. The Balaban J connectivity index is 2.92. The van der Waals surface area contributed by atoms with Crippen molar-refractivity contribution in [3.63, 3.8) is 0 Å². The van der Waals surface area contributed by atoms with Crippen LogP contribution in [0.4, 0.5) is 0 Å². The molecule has 0 aromatic rings. The summed E-state index contributed by atoms with van der Waals surface area (Å²) in [5.41, 5.74) is 2.52. The van der Waals surface area contributed by atoms with Gasteiger partial charge in [-0.25, -0.2) is 0 Å². The van der Waals surface area contributed by atoms with Gasteiger partial charge in [-0.05, 0) is 33.1 Å². The minimum Gasteiger partial charge on any atom is -0.388 e. The van der Waals surface area contributed by atoms with Crippen molar-refractivity contribution in [3.8, 4) is 0 Å². The third kappa shape index (κ3) is 3.97. The monoisotopic (exact) mass is 220 g/mol. The maximum Gasteiger partial charge on any atom is 0.0808 e. The van der Waals surface area contributed by atoms with E-state index in [0.717, 1.165) is 19.3 Å². The van der Waals surface area contributed by atoms with E-state index < -0.39 is 0 Å². The lowest BCUT2D eigenvalue weighted by molar-refractivity contribution is 0.125. The Hall–Kier alpha value is -0.820. The van der Waals surface area contributed by atoms with E-state index in [1.54, 1.807) is 0 Å². The van der Waals surface area contributed by atoms with Gasteiger partial charge in [0.1, 0.15) is 0 Å². The first-order chi connectivity index (χ1) is 7.42. The number of aliphatic hydroxyl groups excluding tert-OH is 1. The fourth-order valence-corrected chi connectivity index (χ4v) is 1.84. The standard InChI is InChI=1S/C15H24O/c1-12-7-5-8-13(2)11-14(16)15(3,4)10-6-9-12/h6-7,10-11,14,16H,5,8-9H2,1-4H3/b10-6+,12-7+,13-11+/t14-/m1/s1. The molecule has 0 saturated carbocycles. The summed E-state index contributed by atoms with van der Waals surface area (Å²) >= 11 is 0. The van der Waals surface area contributed by atoms with E-state index >= 15 is 0 Å². The lowest BCUT2D eigenvalue weighted by atomic mass is 9.84. The second-order valence-corrected chi connectivity index (χ2v) is 5.47. The highest BCUT2D eigenvalue weighted by atomic mass is 16.3. The van der Waals surface area contributed by atoms with E-state index in [-0.39, 0.29) is 11.5 Å². The van der Waals surface area contributed by atoms with Crippen LogP contribution in [0.2, 0.25) is 0 Å². The van der Waals surface area contributed by atoms with Crippen LogP contribution in [-0.2, 0) is 0 Å². The lowest BCUT2D eigenvalue weighted by Gasteiger charge is -2.25. The number of rotatable bonds is 0. The van der Waals surface area contributed by atoms with Crippen LogP contribution in [0.5, 0.6) is 0 Å². The fourth-order valence-electron chi connectivity index (χ4n) is 1.84. The van der Waals surface area contributed by atoms with Crippen LogP contribution < -0.4 is 0 Å². The van der Waals surface area contributed by atoms with Crippen molar-refractivity contribution in [2.24, 2.45) is 5.41 Å². The number of allylic oxidation sites excluding steroid dienone is 4. The van der Waals surface area contributed by atoms with Crippen LogP contribution in [0.1, 0.15) is 47.0 Å². The smallest absolute Gasteiger partial charge is 0.0808 e. The fraction of sp³-hybridized carbons (Fsp3) is 0.600. The van der Waals surface area contributed by atoms with Gasteiger partial charge in [0.15, 0.2) is 0 Å². The Morgan fingerprint density at radius 3 is 2.62 bits per heavy atom. The van der Waals surface area contributed by atoms with Gasteiger partial charge in [0.25, 0.3) is 0 Å². The molecule has 0 aliphatic heterocycles. The molecule has 0 heterocycles. The molecule has 90 valence electrons. The predicted molar refractivity (Wildman–Crippen MR) is 70.3 cm³/mol. The van der Waals surface area contributed by atoms with Gasteiger partial charge in [-0.2, -0.15) is 0 Å². The van der Waals surface area contributed by atoms with Crippen LogP contribution in [-0.4, -0.2) is 11.2 Å². The zero-order valence-corrected chi connectivity index (χ0v) is 11.0. The average Bonchev–Trinajstić information content (AvgIpc) is 2.17. The molecule has 1 rings (SSSR count). The molecule has 0 unspecified atom stereocenters. The van der Waals surface area contributed by atoms with E-state index in [9.17, 15) is 5.11 Å². The van der Waals surface area contributed by atoms with Crippen LogP contribution in [0.3, 0.4) is 0 Å². The predicted octanol–water partition coefficient (Wildman–Crippen LogP) is 4.01. The van der Waals surface area contributed by atoms with E-state index in [0.29, 0.717) is 0 Å². The van der Waals surface area contributed by atoms with Gasteiger partial charge >= 0.3 is 0 Å². The first-order valence-corrected chi connectivity index (χ1v) is 6.10. The molecule has 1 atom stereocenters. The van der Waals surface area contributed by atoms with E-state index in [4.69, 9.17) is 0 Å². The number of hydrogen-bond acceptors (Lipinski definition) is 1. The highest BCUT2D eigenvalue weighted by Gasteiger charge is 2.22. The molecule has 0 amide bonds. The molecular weight excluding hydrogens is 196 g/mol. The Morgan fingerprint density at radius 1 is 1.25 bits per heavy atom. The molecular formula is C15H24O. The Kier molecular flexibility index (Phi) is 4.55. The van der Waals surface area contributed by atoms with Crippen molar-refractivity contribution in [2.45, 2.75) is 53.1 Å². The summed E-state index contributed by atoms with van der Waals surface area (Å²) in [6.07, 6.45) is 11.3. The normalized spacial score (nSPS) is 35.2. The van der Waals surface area contributed by atoms with Crippen LogP contribution in [0, 0.1) is 5.41 Å². The third-order valence-electron chi connectivity index (χ3n) is 3.22. The maximum atomic E-state index is 10.1. The molecule has 0 saturated heterocycles. The van der Waals surface area contributed by atoms with Gasteiger partial charge in [-0.3, -0.25) is 0 Å². The van der Waals surface area contributed by atoms with Crippen LogP contribution >= 0.6 is 0 Å². The Labute approximate surface area is 99.6 Å². The van der Waals surface area contributed by atoms with Gasteiger partial charge in [-0.1, -0.05) is 49.3 Å². The van der Waals surface area contributed by atoms with Gasteiger partial charge in [0.05, 0.1) is 6.10 Å². The lowest BCUT2D eigenvalue weighted by Crippen LogP contribution is -2.25. The summed E-state index contributed by atoms with van der Waals surface area (Å²) in [7, 11) is 0. The number of aliphatic hydroxyl groups is 1. The van der Waals surface area contributed by atoms with Crippen molar-refractivity contribution in [1.29, 1.82) is 0 Å². The molecule has 1 aliphatic carbocycles. The molecule has 16 heavy (non-hydrogen) atoms. The Morgan fingerprint density at radius 2 is 1.94 bits per heavy atom. The molecule has 0 aromatic heterocycles. The second-order valence-electron chi connectivity index (χ2n) is 5.47. The summed E-state index contributed by atoms with van der Waals surface area (Å²) in [5.74, 6) is 0. The topological polar surface area (TPSA) is 20.2 Å². The zero-order chi connectivity index (χ0) is 12.2. The summed E-state index contributed by atoms with van der Waals surface area (Å²) < 4.78 is 0. The van der Waals surface area contributed by atoms with Crippen molar-refractivity contribution >= 4 is 0 Å². The second kappa shape index (κ2) is 5.49. The average molecular weight is 220 g/mol. The quantitative estimate of drug-likeness (QED) is 0.612.